The molecule has 1 fully saturated rings. The number of aromatic nitrogens is 2. The smallest absolute Gasteiger partial charge is 0.293 e. The summed E-state index contributed by atoms with van der Waals surface area (Å²) in [6.07, 6.45) is 5.36. The second kappa shape index (κ2) is 8.81. The number of rotatable bonds is 8. The minimum Gasteiger partial charge on any atom is -0.461 e. The molecule has 0 amide bonds. The van der Waals surface area contributed by atoms with E-state index >= 15 is 0 Å². The summed E-state index contributed by atoms with van der Waals surface area (Å²) in [5.74, 6) is -0.00926. The summed E-state index contributed by atoms with van der Waals surface area (Å²) in [6, 6.07) is 17.6. The summed E-state index contributed by atoms with van der Waals surface area (Å²) in [7, 11) is 0. The number of hydrogen-bond donors (Lipinski definition) is 1. The van der Waals surface area contributed by atoms with Gasteiger partial charge in [0.2, 0.25) is 0 Å². The van der Waals surface area contributed by atoms with Crippen molar-refractivity contribution in [1.29, 1.82) is 0 Å². The molecule has 0 radical (unpaired) electrons. The van der Waals surface area contributed by atoms with E-state index in [4.69, 9.17) is 4.74 Å². The third-order valence-electron chi connectivity index (χ3n) is 6.85. The van der Waals surface area contributed by atoms with Gasteiger partial charge in [-0.05, 0) is 60.7 Å². The predicted octanol–water partition coefficient (Wildman–Crippen LogP) is 3.50. The molecular weight excluding hydrogens is 402 g/mol. The van der Waals surface area contributed by atoms with Gasteiger partial charge in [0.15, 0.2) is 5.60 Å². The molecule has 0 spiro atoms. The summed E-state index contributed by atoms with van der Waals surface area (Å²) in [5.41, 5.74) is 2.97. The fraction of sp³-hybridized carbons (Fsp3) is 0.346. The van der Waals surface area contributed by atoms with Gasteiger partial charge in [-0.3, -0.25) is 4.79 Å². The Hall–Kier alpha value is -3.09. The van der Waals surface area contributed by atoms with Crippen molar-refractivity contribution in [2.24, 2.45) is 0 Å². The molecule has 164 valence electrons. The molecule has 1 N–H and O–H groups in total. The molecule has 6 heteroatoms. The lowest BCUT2D eigenvalue weighted by molar-refractivity contribution is -0.148. The minimum atomic E-state index is -1.43. The third kappa shape index (κ3) is 3.59. The van der Waals surface area contributed by atoms with Crippen molar-refractivity contribution in [2.75, 3.05) is 19.6 Å². The predicted molar refractivity (Wildman–Crippen MR) is 121 cm³/mol. The lowest BCUT2D eigenvalue weighted by Gasteiger charge is -2.36. The molecule has 0 saturated carbocycles. The highest BCUT2D eigenvalue weighted by atomic mass is 16.5. The number of carbonyl (C=O) groups is 1. The van der Waals surface area contributed by atoms with E-state index in [1.807, 2.05) is 54.6 Å². The van der Waals surface area contributed by atoms with Crippen LogP contribution in [0.2, 0.25) is 0 Å². The van der Waals surface area contributed by atoms with Crippen molar-refractivity contribution in [2.45, 2.75) is 36.9 Å². The summed E-state index contributed by atoms with van der Waals surface area (Å²) in [5, 5.41) is 12.2. The first-order chi connectivity index (χ1) is 15.7. The zero-order valence-corrected chi connectivity index (χ0v) is 17.9. The average Bonchev–Trinajstić information content (AvgIpc) is 3.45. The quantitative estimate of drug-likeness (QED) is 0.553. The summed E-state index contributed by atoms with van der Waals surface area (Å²) >= 11 is 0. The second-order valence-electron chi connectivity index (χ2n) is 8.65. The van der Waals surface area contributed by atoms with Gasteiger partial charge in [0.1, 0.15) is 12.4 Å². The Labute approximate surface area is 187 Å². The SMILES string of the molecule is O=COC(C[C@@H](CN1CCCC1)c1ccncn1)C1(O)c2ccccc2-c2ccccc21. The third-order valence-corrected chi connectivity index (χ3v) is 6.85. The van der Waals surface area contributed by atoms with Crippen LogP contribution >= 0.6 is 0 Å². The number of likely N-dealkylation sites (tertiary alicyclic amines) is 1. The normalized spacial score (nSPS) is 18.5. The first-order valence-electron chi connectivity index (χ1n) is 11.2. The lowest BCUT2D eigenvalue weighted by Crippen LogP contribution is -2.43. The summed E-state index contributed by atoms with van der Waals surface area (Å²) in [6.45, 7) is 3.36. The molecule has 1 aliphatic carbocycles. The van der Waals surface area contributed by atoms with Crippen LogP contribution in [-0.2, 0) is 15.1 Å². The molecule has 32 heavy (non-hydrogen) atoms. The van der Waals surface area contributed by atoms with E-state index < -0.39 is 11.7 Å². The number of benzene rings is 2. The van der Waals surface area contributed by atoms with Crippen molar-refractivity contribution in [3.8, 4) is 11.1 Å². The highest BCUT2D eigenvalue weighted by molar-refractivity contribution is 5.80. The second-order valence-corrected chi connectivity index (χ2v) is 8.65. The van der Waals surface area contributed by atoms with Crippen LogP contribution in [0.5, 0.6) is 0 Å². The van der Waals surface area contributed by atoms with Gasteiger partial charge in [0.25, 0.3) is 6.47 Å². The van der Waals surface area contributed by atoms with Gasteiger partial charge >= 0.3 is 0 Å². The van der Waals surface area contributed by atoms with E-state index in [-0.39, 0.29) is 5.92 Å². The van der Waals surface area contributed by atoms with Crippen LogP contribution in [0.4, 0.5) is 0 Å². The maximum atomic E-state index is 12.2. The van der Waals surface area contributed by atoms with Gasteiger partial charge in [-0.2, -0.15) is 0 Å². The monoisotopic (exact) mass is 429 g/mol. The molecule has 2 aliphatic rings. The van der Waals surface area contributed by atoms with Crippen molar-refractivity contribution in [3.63, 3.8) is 0 Å². The molecule has 2 heterocycles. The maximum absolute atomic E-state index is 12.2. The van der Waals surface area contributed by atoms with Crippen molar-refractivity contribution in [3.05, 3.63) is 83.9 Å². The molecular formula is C26H27N3O3. The van der Waals surface area contributed by atoms with Crippen LogP contribution in [0.3, 0.4) is 0 Å². The van der Waals surface area contributed by atoms with E-state index in [2.05, 4.69) is 14.9 Å². The Morgan fingerprint density at radius 1 is 1.03 bits per heavy atom. The molecule has 1 saturated heterocycles. The first-order valence-corrected chi connectivity index (χ1v) is 11.2. The highest BCUT2D eigenvalue weighted by Gasteiger charge is 2.49. The van der Waals surface area contributed by atoms with Crippen LogP contribution in [-0.4, -0.2) is 52.2 Å². The Balaban J connectivity index is 1.55. The molecule has 1 aromatic heterocycles. The highest BCUT2D eigenvalue weighted by Crippen LogP contribution is 2.51. The molecule has 2 aromatic carbocycles. The van der Waals surface area contributed by atoms with Crippen LogP contribution in [0.1, 0.15) is 42.0 Å². The number of ether oxygens (including phenoxy) is 1. The standard InChI is InChI=1S/C26H27N3O3/c30-18-32-25(15-19(16-29-13-5-6-14-29)24-11-12-27-17-28-24)26(31)22-9-3-1-7-20(22)21-8-2-4-10-23(21)26/h1-4,7-12,17-19,25,31H,5-6,13-16H2/t19-,25?/m0/s1. The average molecular weight is 430 g/mol. The summed E-state index contributed by atoms with van der Waals surface area (Å²) < 4.78 is 5.67. The zero-order valence-electron chi connectivity index (χ0n) is 17.9. The summed E-state index contributed by atoms with van der Waals surface area (Å²) in [4.78, 5) is 22.6. The first kappa shape index (κ1) is 20.8. The maximum Gasteiger partial charge on any atom is 0.293 e. The van der Waals surface area contributed by atoms with E-state index in [9.17, 15) is 9.90 Å². The largest absolute Gasteiger partial charge is 0.461 e. The van der Waals surface area contributed by atoms with E-state index in [0.29, 0.717) is 12.9 Å². The van der Waals surface area contributed by atoms with Gasteiger partial charge in [-0.1, -0.05) is 48.5 Å². The van der Waals surface area contributed by atoms with Crippen molar-refractivity contribution in [1.82, 2.24) is 14.9 Å². The molecule has 0 bridgehead atoms. The Bertz CT molecular complexity index is 1040. The fourth-order valence-electron chi connectivity index (χ4n) is 5.35. The molecule has 3 aromatic rings. The molecule has 2 atom stereocenters. The van der Waals surface area contributed by atoms with Crippen LogP contribution in [0, 0.1) is 0 Å². The molecule has 5 rings (SSSR count). The van der Waals surface area contributed by atoms with E-state index in [1.165, 1.54) is 12.8 Å². The topological polar surface area (TPSA) is 75.5 Å². The number of nitrogens with zero attached hydrogens (tertiary/aromatic N) is 3. The van der Waals surface area contributed by atoms with Gasteiger partial charge in [0, 0.05) is 24.4 Å². The molecule has 1 unspecified atom stereocenters. The van der Waals surface area contributed by atoms with Crippen molar-refractivity contribution < 1.29 is 14.6 Å². The zero-order chi connectivity index (χ0) is 22.0. The van der Waals surface area contributed by atoms with E-state index in [1.54, 1.807) is 12.5 Å². The van der Waals surface area contributed by atoms with Gasteiger partial charge < -0.3 is 14.7 Å². The fourth-order valence-corrected chi connectivity index (χ4v) is 5.35. The van der Waals surface area contributed by atoms with Crippen molar-refractivity contribution >= 4 is 6.47 Å². The number of fused-ring (bicyclic) bond motifs is 3. The number of aliphatic hydroxyl groups is 1. The van der Waals surface area contributed by atoms with E-state index in [0.717, 1.165) is 47.6 Å². The van der Waals surface area contributed by atoms with Gasteiger partial charge in [-0.25, -0.2) is 9.97 Å². The number of hydrogen-bond acceptors (Lipinski definition) is 6. The molecule has 1 aliphatic heterocycles. The Morgan fingerprint density at radius 3 is 2.28 bits per heavy atom. The van der Waals surface area contributed by atoms with Crippen LogP contribution in [0.25, 0.3) is 11.1 Å². The Morgan fingerprint density at radius 2 is 1.69 bits per heavy atom. The van der Waals surface area contributed by atoms with Gasteiger partial charge in [-0.15, -0.1) is 0 Å². The Kier molecular flexibility index (Phi) is 5.72. The minimum absolute atomic E-state index is 0.00926. The van der Waals surface area contributed by atoms with Gasteiger partial charge in [0.05, 0.1) is 0 Å². The number of carbonyl (C=O) groups excluding carboxylic acids is 1. The lowest BCUT2D eigenvalue weighted by atomic mass is 9.80. The molecule has 6 nitrogen and oxygen atoms in total. The van der Waals surface area contributed by atoms with Crippen LogP contribution < -0.4 is 0 Å². The van der Waals surface area contributed by atoms with Crippen LogP contribution in [0.15, 0.2) is 67.1 Å².